The van der Waals surface area contributed by atoms with Gasteiger partial charge >= 0.3 is 0 Å². The van der Waals surface area contributed by atoms with E-state index >= 15 is 0 Å². The highest BCUT2D eigenvalue weighted by molar-refractivity contribution is 6.32. The number of aromatic nitrogens is 2. The van der Waals surface area contributed by atoms with Crippen LogP contribution in [0.3, 0.4) is 0 Å². The van der Waals surface area contributed by atoms with Crippen LogP contribution in [0.15, 0.2) is 66.7 Å². The van der Waals surface area contributed by atoms with Gasteiger partial charge in [0.2, 0.25) is 5.91 Å². The van der Waals surface area contributed by atoms with E-state index in [9.17, 15) is 4.79 Å². The van der Waals surface area contributed by atoms with Crippen LogP contribution in [0.5, 0.6) is 5.75 Å². The Balaban J connectivity index is 1.45. The molecule has 0 fully saturated rings. The lowest BCUT2D eigenvalue weighted by Gasteiger charge is -2.17. The van der Waals surface area contributed by atoms with Gasteiger partial charge in [0.1, 0.15) is 18.2 Å². The molecule has 5 nitrogen and oxygen atoms in total. The predicted octanol–water partition coefficient (Wildman–Crippen LogP) is 6.20. The monoisotopic (exact) mass is 475 g/mol. The van der Waals surface area contributed by atoms with Crippen molar-refractivity contribution in [3.05, 3.63) is 94.3 Å². The third kappa shape index (κ3) is 5.60. The second kappa shape index (κ2) is 10.7. The number of halogens is 1. The minimum atomic E-state index is -0.226. The smallest absolute Gasteiger partial charge is 0.220 e. The molecule has 0 aliphatic rings. The molecule has 1 aromatic heterocycles. The summed E-state index contributed by atoms with van der Waals surface area (Å²) < 4.78 is 8.19. The van der Waals surface area contributed by atoms with Crippen LogP contribution in [0.4, 0.5) is 0 Å². The molecular weight excluding hydrogens is 446 g/mol. The van der Waals surface area contributed by atoms with Crippen molar-refractivity contribution < 1.29 is 9.53 Å². The van der Waals surface area contributed by atoms with Crippen LogP contribution in [0.25, 0.3) is 11.0 Å². The number of hydrogen-bond donors (Lipinski definition) is 1. The molecule has 0 aliphatic heterocycles. The van der Waals surface area contributed by atoms with E-state index in [0.717, 1.165) is 44.3 Å². The summed E-state index contributed by atoms with van der Waals surface area (Å²) in [6, 6.07) is 21.8. The molecule has 1 amide bonds. The van der Waals surface area contributed by atoms with Gasteiger partial charge in [-0.3, -0.25) is 4.79 Å². The van der Waals surface area contributed by atoms with Gasteiger partial charge in [-0.1, -0.05) is 54.1 Å². The third-order valence-corrected chi connectivity index (χ3v) is 6.52. The Morgan fingerprint density at radius 2 is 1.74 bits per heavy atom. The van der Waals surface area contributed by atoms with Gasteiger partial charge in [0.15, 0.2) is 0 Å². The lowest BCUT2D eigenvalue weighted by atomic mass is 10.1. The van der Waals surface area contributed by atoms with Crippen LogP contribution in [0.2, 0.25) is 5.02 Å². The lowest BCUT2D eigenvalue weighted by molar-refractivity contribution is -0.121. The molecular formula is C28H30ClN3O2. The Morgan fingerprint density at radius 1 is 1.06 bits per heavy atom. The fourth-order valence-corrected chi connectivity index (χ4v) is 4.29. The van der Waals surface area contributed by atoms with Crippen molar-refractivity contribution in [1.82, 2.24) is 14.9 Å². The van der Waals surface area contributed by atoms with Gasteiger partial charge in [0.25, 0.3) is 0 Å². The number of hydrogen-bond acceptors (Lipinski definition) is 3. The van der Waals surface area contributed by atoms with Gasteiger partial charge in [-0.05, 0) is 68.1 Å². The Morgan fingerprint density at radius 3 is 2.47 bits per heavy atom. The largest absolute Gasteiger partial charge is 0.492 e. The molecule has 3 aromatic carbocycles. The van der Waals surface area contributed by atoms with Gasteiger partial charge in [-0.25, -0.2) is 4.98 Å². The number of benzene rings is 3. The number of para-hydroxylation sites is 2. The Kier molecular flexibility index (Phi) is 7.53. The van der Waals surface area contributed by atoms with Crippen LogP contribution in [0.1, 0.15) is 41.9 Å². The minimum Gasteiger partial charge on any atom is -0.492 e. The summed E-state index contributed by atoms with van der Waals surface area (Å²) in [5.41, 5.74) is 5.08. The van der Waals surface area contributed by atoms with Gasteiger partial charge < -0.3 is 14.6 Å². The van der Waals surface area contributed by atoms with Crippen LogP contribution >= 0.6 is 11.6 Å². The molecule has 1 N–H and O–H groups in total. The maximum atomic E-state index is 12.6. The summed E-state index contributed by atoms with van der Waals surface area (Å²) in [5, 5.41) is 3.89. The van der Waals surface area contributed by atoms with E-state index in [1.807, 2.05) is 87.5 Å². The number of ether oxygens (including phenoxy) is 1. The quantitative estimate of drug-likeness (QED) is 0.313. The molecule has 6 heteroatoms. The van der Waals surface area contributed by atoms with E-state index in [-0.39, 0.29) is 11.9 Å². The predicted molar refractivity (Wildman–Crippen MR) is 137 cm³/mol. The number of nitrogens with zero attached hydrogens (tertiary/aromatic N) is 2. The van der Waals surface area contributed by atoms with Crippen LogP contribution in [-0.2, 0) is 17.8 Å². The van der Waals surface area contributed by atoms with Crippen LogP contribution < -0.4 is 10.1 Å². The molecule has 0 aliphatic carbocycles. The summed E-state index contributed by atoms with van der Waals surface area (Å²) in [5.74, 6) is 1.63. The van der Waals surface area contributed by atoms with Crippen molar-refractivity contribution in [3.63, 3.8) is 0 Å². The van der Waals surface area contributed by atoms with Gasteiger partial charge in [-0.2, -0.15) is 0 Å². The lowest BCUT2D eigenvalue weighted by Crippen LogP contribution is -2.29. The normalized spacial score (nSPS) is 12.0. The first-order valence-electron chi connectivity index (χ1n) is 11.6. The van der Waals surface area contributed by atoms with Gasteiger partial charge in [0, 0.05) is 11.4 Å². The highest BCUT2D eigenvalue weighted by Gasteiger charge is 2.18. The first-order valence-corrected chi connectivity index (χ1v) is 12.0. The molecule has 34 heavy (non-hydrogen) atoms. The summed E-state index contributed by atoms with van der Waals surface area (Å²) in [6.07, 6.45) is 1.15. The maximum absolute atomic E-state index is 12.6. The number of amides is 1. The van der Waals surface area contributed by atoms with Gasteiger partial charge in [-0.15, -0.1) is 0 Å². The molecule has 1 heterocycles. The SMILES string of the molecule is Cc1cc(OCCn2c(C(C)NC(=O)CCc3ccccc3)nc3ccccc32)cc(C)c1Cl. The minimum absolute atomic E-state index is 0.0123. The number of rotatable bonds is 9. The number of nitrogens with one attached hydrogen (secondary N) is 1. The molecule has 0 spiro atoms. The number of aryl methyl sites for hydroxylation is 3. The first-order chi connectivity index (χ1) is 16.4. The molecule has 0 radical (unpaired) electrons. The van der Waals surface area contributed by atoms with Crippen molar-refractivity contribution in [2.45, 2.75) is 46.2 Å². The Labute approximate surface area is 205 Å². The van der Waals surface area contributed by atoms with Crippen molar-refractivity contribution >= 4 is 28.5 Å². The van der Waals surface area contributed by atoms with Gasteiger partial charge in [0.05, 0.1) is 23.6 Å². The number of imidazole rings is 1. The molecule has 4 rings (SSSR count). The number of carbonyl (C=O) groups is 1. The molecule has 1 atom stereocenters. The van der Waals surface area contributed by atoms with Crippen LogP contribution in [-0.4, -0.2) is 22.1 Å². The van der Waals surface area contributed by atoms with Crippen molar-refractivity contribution in [2.75, 3.05) is 6.61 Å². The Hall–Kier alpha value is -3.31. The fourth-order valence-electron chi connectivity index (χ4n) is 4.18. The standard InChI is InChI=1S/C28H30ClN3O2/c1-19-17-23(18-20(2)27(19)29)34-16-15-32-25-12-8-7-11-24(25)31-28(32)21(3)30-26(33)14-13-22-9-5-4-6-10-22/h4-12,17-18,21H,13-16H2,1-3H3,(H,30,33). The van der Waals surface area contributed by atoms with E-state index in [2.05, 4.69) is 9.88 Å². The van der Waals surface area contributed by atoms with Crippen LogP contribution in [0, 0.1) is 13.8 Å². The second-order valence-electron chi connectivity index (χ2n) is 8.60. The maximum Gasteiger partial charge on any atom is 0.220 e. The highest BCUT2D eigenvalue weighted by atomic mass is 35.5. The highest BCUT2D eigenvalue weighted by Crippen LogP contribution is 2.26. The summed E-state index contributed by atoms with van der Waals surface area (Å²) in [4.78, 5) is 17.5. The number of fused-ring (bicyclic) bond motifs is 1. The zero-order valence-corrected chi connectivity index (χ0v) is 20.6. The van der Waals surface area contributed by atoms with E-state index in [0.29, 0.717) is 26.0 Å². The average molecular weight is 476 g/mol. The van der Waals surface area contributed by atoms with Crippen molar-refractivity contribution in [1.29, 1.82) is 0 Å². The molecule has 1 unspecified atom stereocenters. The zero-order chi connectivity index (χ0) is 24.1. The van der Waals surface area contributed by atoms with E-state index in [1.165, 1.54) is 0 Å². The molecule has 176 valence electrons. The third-order valence-electron chi connectivity index (χ3n) is 5.93. The van der Waals surface area contributed by atoms with E-state index < -0.39 is 0 Å². The molecule has 0 bridgehead atoms. The fraction of sp³-hybridized carbons (Fsp3) is 0.286. The Bertz CT molecular complexity index is 1260. The second-order valence-corrected chi connectivity index (χ2v) is 8.98. The molecule has 0 saturated carbocycles. The summed E-state index contributed by atoms with van der Waals surface area (Å²) >= 11 is 6.28. The van der Waals surface area contributed by atoms with E-state index in [4.69, 9.17) is 21.3 Å². The topological polar surface area (TPSA) is 56.1 Å². The van der Waals surface area contributed by atoms with E-state index in [1.54, 1.807) is 0 Å². The summed E-state index contributed by atoms with van der Waals surface area (Å²) in [6.45, 7) is 7.02. The molecule has 0 saturated heterocycles. The number of carbonyl (C=O) groups excluding carboxylic acids is 1. The first kappa shape index (κ1) is 23.8. The molecule has 4 aromatic rings. The zero-order valence-electron chi connectivity index (χ0n) is 19.8. The van der Waals surface area contributed by atoms with Crippen molar-refractivity contribution in [2.24, 2.45) is 0 Å². The summed E-state index contributed by atoms with van der Waals surface area (Å²) in [7, 11) is 0. The average Bonchev–Trinajstić information content (AvgIpc) is 3.21. The van der Waals surface area contributed by atoms with Crippen molar-refractivity contribution in [3.8, 4) is 5.75 Å².